The van der Waals surface area contributed by atoms with Gasteiger partial charge in [0.15, 0.2) is 5.82 Å². The van der Waals surface area contributed by atoms with Crippen molar-refractivity contribution in [2.75, 3.05) is 11.9 Å². The average Bonchev–Trinajstić information content (AvgIpc) is 3.04. The SMILES string of the molecule is CC(C)N(CC(=O)Nc1ccon1)C(=O)/C=C/c1ccccc1. The fourth-order valence-electron chi connectivity index (χ4n) is 1.96. The lowest BCUT2D eigenvalue weighted by Gasteiger charge is -2.24. The lowest BCUT2D eigenvalue weighted by Crippen LogP contribution is -2.41. The Morgan fingerprint density at radius 3 is 2.61 bits per heavy atom. The van der Waals surface area contributed by atoms with Gasteiger partial charge in [0, 0.05) is 18.2 Å². The van der Waals surface area contributed by atoms with Crippen LogP contribution in [0.15, 0.2) is 53.3 Å². The fourth-order valence-corrected chi connectivity index (χ4v) is 1.96. The van der Waals surface area contributed by atoms with Gasteiger partial charge >= 0.3 is 0 Å². The molecule has 120 valence electrons. The Hall–Kier alpha value is -2.89. The minimum Gasteiger partial charge on any atom is -0.363 e. The summed E-state index contributed by atoms with van der Waals surface area (Å²) in [7, 11) is 0. The third kappa shape index (κ3) is 5.10. The van der Waals surface area contributed by atoms with Crippen LogP contribution in [-0.4, -0.2) is 34.5 Å². The Bertz CT molecular complexity index is 664. The van der Waals surface area contributed by atoms with Gasteiger partial charge in [-0.1, -0.05) is 35.5 Å². The van der Waals surface area contributed by atoms with E-state index < -0.39 is 0 Å². The van der Waals surface area contributed by atoms with E-state index in [9.17, 15) is 9.59 Å². The maximum Gasteiger partial charge on any atom is 0.247 e. The zero-order chi connectivity index (χ0) is 16.7. The van der Waals surface area contributed by atoms with Gasteiger partial charge in [-0.3, -0.25) is 9.59 Å². The molecule has 1 aromatic carbocycles. The van der Waals surface area contributed by atoms with E-state index in [0.29, 0.717) is 5.82 Å². The number of nitrogens with one attached hydrogen (secondary N) is 1. The minimum absolute atomic E-state index is 0.0531. The predicted molar refractivity (Wildman–Crippen MR) is 87.5 cm³/mol. The first kappa shape index (κ1) is 16.5. The lowest BCUT2D eigenvalue weighted by molar-refractivity contribution is -0.132. The molecule has 1 heterocycles. The molecular weight excluding hydrogens is 294 g/mol. The largest absolute Gasteiger partial charge is 0.363 e. The highest BCUT2D eigenvalue weighted by Crippen LogP contribution is 2.06. The number of benzene rings is 1. The quantitative estimate of drug-likeness (QED) is 0.832. The second kappa shape index (κ2) is 7.93. The summed E-state index contributed by atoms with van der Waals surface area (Å²) in [5.74, 6) is -0.223. The molecule has 1 aromatic heterocycles. The molecule has 2 aromatic rings. The molecule has 0 aliphatic heterocycles. The summed E-state index contributed by atoms with van der Waals surface area (Å²) in [6.45, 7) is 3.66. The molecule has 0 fully saturated rings. The number of rotatable bonds is 6. The van der Waals surface area contributed by atoms with Gasteiger partial charge in [-0.2, -0.15) is 0 Å². The van der Waals surface area contributed by atoms with Gasteiger partial charge in [0.25, 0.3) is 0 Å². The number of hydrogen-bond donors (Lipinski definition) is 1. The van der Waals surface area contributed by atoms with Crippen molar-refractivity contribution in [1.82, 2.24) is 10.1 Å². The van der Waals surface area contributed by atoms with Crippen LogP contribution in [0.2, 0.25) is 0 Å². The van der Waals surface area contributed by atoms with Gasteiger partial charge < -0.3 is 14.7 Å². The van der Waals surface area contributed by atoms with Crippen molar-refractivity contribution in [3.8, 4) is 0 Å². The van der Waals surface area contributed by atoms with E-state index in [1.807, 2.05) is 44.2 Å². The van der Waals surface area contributed by atoms with Crippen molar-refractivity contribution in [1.29, 1.82) is 0 Å². The van der Waals surface area contributed by atoms with Crippen LogP contribution in [0.3, 0.4) is 0 Å². The summed E-state index contributed by atoms with van der Waals surface area (Å²) >= 11 is 0. The van der Waals surface area contributed by atoms with E-state index in [-0.39, 0.29) is 24.4 Å². The molecule has 0 aliphatic carbocycles. The lowest BCUT2D eigenvalue weighted by atomic mass is 10.2. The number of anilines is 1. The third-order valence-electron chi connectivity index (χ3n) is 3.14. The Kier molecular flexibility index (Phi) is 5.68. The van der Waals surface area contributed by atoms with E-state index >= 15 is 0 Å². The number of carbonyl (C=O) groups is 2. The van der Waals surface area contributed by atoms with Crippen LogP contribution in [0.4, 0.5) is 5.82 Å². The topological polar surface area (TPSA) is 75.4 Å². The first-order chi connectivity index (χ1) is 11.1. The van der Waals surface area contributed by atoms with Gasteiger partial charge in [-0.15, -0.1) is 0 Å². The number of carbonyl (C=O) groups excluding carboxylic acids is 2. The zero-order valence-electron chi connectivity index (χ0n) is 13.1. The molecule has 0 spiro atoms. The van der Waals surface area contributed by atoms with E-state index in [2.05, 4.69) is 15.0 Å². The van der Waals surface area contributed by atoms with Gasteiger partial charge in [0.1, 0.15) is 12.8 Å². The smallest absolute Gasteiger partial charge is 0.247 e. The summed E-state index contributed by atoms with van der Waals surface area (Å²) in [6, 6.07) is 10.9. The molecule has 6 heteroatoms. The number of hydrogen-bond acceptors (Lipinski definition) is 4. The molecule has 6 nitrogen and oxygen atoms in total. The normalized spacial score (nSPS) is 10.9. The van der Waals surface area contributed by atoms with Crippen LogP contribution < -0.4 is 5.32 Å². The predicted octanol–water partition coefficient (Wildman–Crippen LogP) is 2.56. The zero-order valence-corrected chi connectivity index (χ0v) is 13.1. The second-order valence-electron chi connectivity index (χ2n) is 5.24. The van der Waals surface area contributed by atoms with Crippen molar-refractivity contribution < 1.29 is 14.1 Å². The molecule has 2 rings (SSSR count). The van der Waals surface area contributed by atoms with Gasteiger partial charge in [-0.25, -0.2) is 0 Å². The number of aromatic nitrogens is 1. The maximum absolute atomic E-state index is 12.3. The first-order valence-electron chi connectivity index (χ1n) is 7.30. The summed E-state index contributed by atoms with van der Waals surface area (Å²) < 4.78 is 4.65. The van der Waals surface area contributed by atoms with Crippen LogP contribution in [0.5, 0.6) is 0 Å². The molecule has 0 radical (unpaired) electrons. The van der Waals surface area contributed by atoms with Gasteiger partial charge in [-0.05, 0) is 25.5 Å². The van der Waals surface area contributed by atoms with Crippen LogP contribution in [0, 0.1) is 0 Å². The van der Waals surface area contributed by atoms with Crippen molar-refractivity contribution in [2.24, 2.45) is 0 Å². The van der Waals surface area contributed by atoms with Gasteiger partial charge in [0.2, 0.25) is 11.8 Å². The Labute approximate surface area is 134 Å². The van der Waals surface area contributed by atoms with Crippen LogP contribution >= 0.6 is 0 Å². The second-order valence-corrected chi connectivity index (χ2v) is 5.24. The van der Waals surface area contributed by atoms with E-state index in [4.69, 9.17) is 0 Å². The Balaban J connectivity index is 1.98. The van der Waals surface area contributed by atoms with Crippen molar-refractivity contribution >= 4 is 23.7 Å². The van der Waals surface area contributed by atoms with E-state index in [1.165, 1.54) is 23.3 Å². The Morgan fingerprint density at radius 2 is 2.00 bits per heavy atom. The van der Waals surface area contributed by atoms with Gasteiger partial charge in [0.05, 0.1) is 0 Å². The molecule has 0 saturated heterocycles. The molecule has 0 atom stereocenters. The molecule has 0 unspecified atom stereocenters. The first-order valence-corrected chi connectivity index (χ1v) is 7.30. The molecule has 0 saturated carbocycles. The molecule has 0 bridgehead atoms. The van der Waals surface area contributed by atoms with E-state index in [0.717, 1.165) is 5.56 Å². The third-order valence-corrected chi connectivity index (χ3v) is 3.14. The van der Waals surface area contributed by atoms with Crippen LogP contribution in [-0.2, 0) is 9.59 Å². The summed E-state index contributed by atoms with van der Waals surface area (Å²) in [5.41, 5.74) is 0.927. The number of amides is 2. The number of nitrogens with zero attached hydrogens (tertiary/aromatic N) is 2. The summed E-state index contributed by atoms with van der Waals surface area (Å²) in [4.78, 5) is 25.8. The highest BCUT2D eigenvalue weighted by molar-refractivity contribution is 5.97. The molecule has 0 aliphatic rings. The summed E-state index contributed by atoms with van der Waals surface area (Å²) in [5, 5.41) is 6.18. The fraction of sp³-hybridized carbons (Fsp3) is 0.235. The summed E-state index contributed by atoms with van der Waals surface area (Å²) in [6.07, 6.45) is 4.57. The monoisotopic (exact) mass is 313 g/mol. The molecule has 1 N–H and O–H groups in total. The van der Waals surface area contributed by atoms with Crippen LogP contribution in [0.25, 0.3) is 6.08 Å². The maximum atomic E-state index is 12.3. The average molecular weight is 313 g/mol. The van der Waals surface area contributed by atoms with Crippen molar-refractivity contribution in [3.63, 3.8) is 0 Å². The molecular formula is C17H19N3O3. The van der Waals surface area contributed by atoms with Crippen LogP contribution in [0.1, 0.15) is 19.4 Å². The van der Waals surface area contributed by atoms with Crippen molar-refractivity contribution in [3.05, 3.63) is 54.3 Å². The standard InChI is InChI=1S/C17H19N3O3/c1-13(2)20(12-16(21)18-15-10-11-23-19-15)17(22)9-8-14-6-4-3-5-7-14/h3-11,13H,12H2,1-2H3,(H,18,19,21)/b9-8+. The Morgan fingerprint density at radius 1 is 1.26 bits per heavy atom. The molecule has 23 heavy (non-hydrogen) atoms. The van der Waals surface area contributed by atoms with Crippen molar-refractivity contribution in [2.45, 2.75) is 19.9 Å². The highest BCUT2D eigenvalue weighted by atomic mass is 16.5. The molecule has 2 amide bonds. The highest BCUT2D eigenvalue weighted by Gasteiger charge is 2.18. The minimum atomic E-state index is -0.325. The van der Waals surface area contributed by atoms with E-state index in [1.54, 1.807) is 6.08 Å².